The Morgan fingerprint density at radius 2 is 2.15 bits per heavy atom. The molecule has 0 unspecified atom stereocenters. The molecule has 2 heterocycles. The standard InChI is InChI=1S/C16H14O4/c1-10(2)5-7-19-16-11-3-4-15(17)20-14(11)9-13-12(16)6-8-18-13/h3-6,8-9H,7H2,1-2H3/i1D3,2D3. The number of benzene rings is 1. The summed E-state index contributed by atoms with van der Waals surface area (Å²) in [4.78, 5) is 11.4. The van der Waals surface area contributed by atoms with Crippen molar-refractivity contribution in [2.75, 3.05) is 6.61 Å². The number of rotatable bonds is 3. The molecule has 1 aromatic carbocycles. The van der Waals surface area contributed by atoms with Crippen molar-refractivity contribution in [1.29, 1.82) is 0 Å². The van der Waals surface area contributed by atoms with Gasteiger partial charge in [-0.25, -0.2) is 4.79 Å². The molecular formula is C16H14O4. The maximum absolute atomic E-state index is 11.4. The Kier molecular flexibility index (Phi) is 1.79. The Labute approximate surface area is 123 Å². The molecule has 0 radical (unpaired) electrons. The summed E-state index contributed by atoms with van der Waals surface area (Å²) in [6, 6.07) is 5.94. The van der Waals surface area contributed by atoms with Crippen LogP contribution < -0.4 is 10.4 Å². The molecule has 0 amide bonds. The van der Waals surface area contributed by atoms with Crippen molar-refractivity contribution in [3.63, 3.8) is 0 Å². The van der Waals surface area contributed by atoms with E-state index < -0.39 is 24.9 Å². The minimum absolute atomic E-state index is 0.241. The molecule has 0 atom stereocenters. The Bertz CT molecular complexity index is 1020. The zero-order chi connectivity index (χ0) is 19.1. The van der Waals surface area contributed by atoms with Crippen molar-refractivity contribution in [1.82, 2.24) is 0 Å². The number of hydrogen-bond acceptors (Lipinski definition) is 4. The highest BCUT2D eigenvalue weighted by atomic mass is 16.5. The van der Waals surface area contributed by atoms with Crippen LogP contribution >= 0.6 is 0 Å². The molecule has 4 heteroatoms. The zero-order valence-electron chi connectivity index (χ0n) is 16.3. The monoisotopic (exact) mass is 276 g/mol. The summed E-state index contributed by atoms with van der Waals surface area (Å²) < 4.78 is 60.3. The van der Waals surface area contributed by atoms with Crippen molar-refractivity contribution in [3.05, 3.63) is 52.6 Å². The molecule has 0 spiro atoms. The molecule has 0 saturated heterocycles. The Balaban J connectivity index is 2.03. The van der Waals surface area contributed by atoms with Gasteiger partial charge in [-0.15, -0.1) is 0 Å². The summed E-state index contributed by atoms with van der Waals surface area (Å²) in [5.74, 6) is 0.307. The van der Waals surface area contributed by atoms with E-state index >= 15 is 0 Å². The molecule has 0 aliphatic heterocycles. The molecule has 2 aromatic heterocycles. The number of hydrogen-bond donors (Lipinski definition) is 0. The van der Waals surface area contributed by atoms with E-state index in [2.05, 4.69) is 0 Å². The average Bonchev–Trinajstić information content (AvgIpc) is 2.95. The van der Waals surface area contributed by atoms with Gasteiger partial charge in [0.2, 0.25) is 0 Å². The van der Waals surface area contributed by atoms with E-state index in [9.17, 15) is 4.79 Å². The van der Waals surface area contributed by atoms with E-state index in [0.717, 1.165) is 6.08 Å². The van der Waals surface area contributed by atoms with Crippen LogP contribution in [-0.2, 0) is 0 Å². The van der Waals surface area contributed by atoms with Crippen molar-refractivity contribution >= 4 is 21.9 Å². The summed E-state index contributed by atoms with van der Waals surface area (Å²) in [6.07, 6.45) is 2.46. The molecule has 0 bridgehead atoms. The van der Waals surface area contributed by atoms with Crippen molar-refractivity contribution in [2.24, 2.45) is 0 Å². The summed E-state index contributed by atoms with van der Waals surface area (Å²) in [5, 5.41) is 1.07. The van der Waals surface area contributed by atoms with Crippen molar-refractivity contribution in [3.8, 4) is 5.75 Å². The third-order valence-electron chi connectivity index (χ3n) is 2.82. The molecule has 3 aromatic rings. The SMILES string of the molecule is [2H]C([2H])([2H])C(=CCOc1c2ccoc2cc2oc(=O)ccc12)C([2H])([2H])[2H]. The molecule has 0 fully saturated rings. The fourth-order valence-corrected chi connectivity index (χ4v) is 1.97. The van der Waals surface area contributed by atoms with Crippen LogP contribution in [0.4, 0.5) is 0 Å². The predicted molar refractivity (Wildman–Crippen MR) is 77.2 cm³/mol. The summed E-state index contributed by atoms with van der Waals surface area (Å²) in [7, 11) is 0. The van der Waals surface area contributed by atoms with E-state index in [1.165, 1.54) is 18.4 Å². The number of furan rings is 1. The van der Waals surface area contributed by atoms with Crippen LogP contribution in [0.25, 0.3) is 21.9 Å². The zero-order valence-corrected chi connectivity index (χ0v) is 10.3. The fraction of sp³-hybridized carbons (Fsp3) is 0.188. The third-order valence-corrected chi connectivity index (χ3v) is 2.82. The van der Waals surface area contributed by atoms with E-state index in [-0.39, 0.29) is 12.2 Å². The molecule has 0 aliphatic rings. The second kappa shape index (κ2) is 4.89. The van der Waals surface area contributed by atoms with Crippen molar-refractivity contribution in [2.45, 2.75) is 13.7 Å². The van der Waals surface area contributed by atoms with Crippen molar-refractivity contribution < 1.29 is 21.8 Å². The third kappa shape index (κ3) is 2.20. The molecule has 102 valence electrons. The first kappa shape index (κ1) is 7.33. The van der Waals surface area contributed by atoms with Gasteiger partial charge in [0, 0.05) is 20.4 Å². The number of allylic oxidation sites excluding steroid dienone is 1. The predicted octanol–water partition coefficient (Wildman–Crippen LogP) is 3.88. The lowest BCUT2D eigenvalue weighted by atomic mass is 10.1. The van der Waals surface area contributed by atoms with Gasteiger partial charge in [0.15, 0.2) is 0 Å². The van der Waals surface area contributed by atoms with E-state index in [1.54, 1.807) is 12.1 Å². The Hall–Kier alpha value is -2.49. The first-order valence-electron chi connectivity index (χ1n) is 8.85. The number of fused-ring (bicyclic) bond motifs is 2. The van der Waals surface area contributed by atoms with Gasteiger partial charge < -0.3 is 13.6 Å². The lowest BCUT2D eigenvalue weighted by Gasteiger charge is -2.08. The van der Waals surface area contributed by atoms with E-state index in [1.807, 2.05) is 0 Å². The second-order valence-corrected chi connectivity index (χ2v) is 4.13. The van der Waals surface area contributed by atoms with Crippen LogP contribution in [-0.4, -0.2) is 6.61 Å². The van der Waals surface area contributed by atoms with Gasteiger partial charge in [0.1, 0.15) is 23.5 Å². The smallest absolute Gasteiger partial charge is 0.336 e. The molecule has 0 saturated carbocycles. The summed E-state index contributed by atoms with van der Waals surface area (Å²) in [5.41, 5.74) is -0.551. The Morgan fingerprint density at radius 3 is 3.00 bits per heavy atom. The molecule has 3 rings (SSSR count). The van der Waals surface area contributed by atoms with Crippen LogP contribution in [0.5, 0.6) is 5.75 Å². The van der Waals surface area contributed by atoms with E-state index in [4.69, 9.17) is 21.8 Å². The normalized spacial score (nSPS) is 16.6. The quantitative estimate of drug-likeness (QED) is 0.538. The van der Waals surface area contributed by atoms with Gasteiger partial charge in [0.05, 0.1) is 17.0 Å². The molecule has 4 nitrogen and oxygen atoms in total. The molecule has 20 heavy (non-hydrogen) atoms. The fourth-order valence-electron chi connectivity index (χ4n) is 1.97. The lowest BCUT2D eigenvalue weighted by molar-refractivity contribution is 0.370. The van der Waals surface area contributed by atoms with Crippen LogP contribution in [0.3, 0.4) is 0 Å². The average molecular weight is 276 g/mol. The first-order valence-corrected chi connectivity index (χ1v) is 5.85. The maximum atomic E-state index is 11.4. The second-order valence-electron chi connectivity index (χ2n) is 4.13. The molecule has 0 N–H and O–H groups in total. The highest BCUT2D eigenvalue weighted by Gasteiger charge is 2.12. The number of ether oxygens (including phenoxy) is 1. The van der Waals surface area contributed by atoms with Gasteiger partial charge in [-0.05, 0) is 31.9 Å². The van der Waals surface area contributed by atoms with Gasteiger partial charge >= 0.3 is 5.63 Å². The molecule has 0 aliphatic carbocycles. The van der Waals surface area contributed by atoms with Crippen LogP contribution in [0.2, 0.25) is 0 Å². The minimum Gasteiger partial charge on any atom is -0.488 e. The maximum Gasteiger partial charge on any atom is 0.336 e. The Morgan fingerprint density at radius 1 is 1.30 bits per heavy atom. The van der Waals surface area contributed by atoms with Crippen LogP contribution in [0, 0.1) is 0 Å². The van der Waals surface area contributed by atoms with Crippen LogP contribution in [0.1, 0.15) is 21.9 Å². The minimum atomic E-state index is -2.76. The van der Waals surface area contributed by atoms with E-state index in [0.29, 0.717) is 22.1 Å². The highest BCUT2D eigenvalue weighted by Crippen LogP contribution is 2.34. The van der Waals surface area contributed by atoms with Gasteiger partial charge in [0.25, 0.3) is 0 Å². The lowest BCUT2D eigenvalue weighted by Crippen LogP contribution is -1.98. The molecular weight excluding hydrogens is 256 g/mol. The first-order chi connectivity index (χ1) is 12.1. The highest BCUT2D eigenvalue weighted by molar-refractivity contribution is 6.01. The van der Waals surface area contributed by atoms with Crippen LogP contribution in [0.15, 0.2) is 55.8 Å². The van der Waals surface area contributed by atoms with Gasteiger partial charge in [-0.2, -0.15) is 0 Å². The summed E-state index contributed by atoms with van der Waals surface area (Å²) >= 11 is 0. The summed E-state index contributed by atoms with van der Waals surface area (Å²) in [6.45, 7) is -5.80. The topological polar surface area (TPSA) is 52.6 Å². The van der Waals surface area contributed by atoms with Gasteiger partial charge in [-0.1, -0.05) is 5.57 Å². The van der Waals surface area contributed by atoms with Gasteiger partial charge in [-0.3, -0.25) is 0 Å². The largest absolute Gasteiger partial charge is 0.488 e.